The molecular weight excluding hydrogens is 414 g/mol. The fraction of sp³-hybridized carbons (Fsp3) is 0.536. The summed E-state index contributed by atoms with van der Waals surface area (Å²) in [7, 11) is 1.47. The molecule has 0 bridgehead atoms. The molecule has 1 aromatic heterocycles. The molecule has 0 atom stereocenters. The van der Waals surface area contributed by atoms with E-state index >= 15 is 0 Å². The quantitative estimate of drug-likeness (QED) is 0.243. The van der Waals surface area contributed by atoms with Crippen LogP contribution in [-0.2, 0) is 6.54 Å². The lowest BCUT2D eigenvalue weighted by Crippen LogP contribution is -2.21. The van der Waals surface area contributed by atoms with Gasteiger partial charge in [0.1, 0.15) is 12.4 Å². The van der Waals surface area contributed by atoms with Gasteiger partial charge in [-0.25, -0.2) is 0 Å². The van der Waals surface area contributed by atoms with Crippen LogP contribution in [0.1, 0.15) is 79.1 Å². The molecule has 0 amide bonds. The largest absolute Gasteiger partial charge is 0.500 e. The minimum absolute atomic E-state index is 0.218. The molecule has 0 unspecified atom stereocenters. The molecule has 33 heavy (non-hydrogen) atoms. The lowest BCUT2D eigenvalue weighted by molar-refractivity contribution is 0.360. The first-order valence-electron chi connectivity index (χ1n) is 12.2. The number of hydrogen-bond acceptors (Lipinski definition) is 4. The zero-order valence-electron chi connectivity index (χ0n) is 21.1. The molecule has 0 aliphatic carbocycles. The van der Waals surface area contributed by atoms with Gasteiger partial charge in [-0.15, -0.1) is 0 Å². The van der Waals surface area contributed by atoms with Gasteiger partial charge in [0.2, 0.25) is 5.75 Å². The molecule has 5 nitrogen and oxygen atoms in total. The summed E-state index contributed by atoms with van der Waals surface area (Å²) in [5.74, 6) is 0.579. The molecule has 2 rings (SSSR count). The van der Waals surface area contributed by atoms with Crippen LogP contribution in [0.5, 0.6) is 17.2 Å². The minimum atomic E-state index is -0.417. The standard InChI is InChI=1S/C28H41NO4/c1-6-7-8-9-10-11-18-29-25-20-23(33-19-17-22(4)14-12-13-21(2)3)15-16-24(25)27(32-5)26(30)28(29)31/h13,15-17,20,30H,6-12,14,18-19H2,1-5H3/b22-17+. The normalized spacial score (nSPS) is 11.6. The Labute approximate surface area is 198 Å². The first-order chi connectivity index (χ1) is 15.9. The number of nitrogens with zero attached hydrogens (tertiary/aromatic N) is 1. The fourth-order valence-corrected chi connectivity index (χ4v) is 3.93. The number of aromatic nitrogens is 1. The van der Waals surface area contributed by atoms with Crippen LogP contribution in [0.2, 0.25) is 0 Å². The third-order valence-electron chi connectivity index (χ3n) is 5.88. The Bertz CT molecular complexity index is 1010. The van der Waals surface area contributed by atoms with E-state index in [1.165, 1.54) is 37.5 Å². The second kappa shape index (κ2) is 13.8. The summed E-state index contributed by atoms with van der Waals surface area (Å²) in [6.45, 7) is 9.59. The number of ether oxygens (including phenoxy) is 2. The van der Waals surface area contributed by atoms with Gasteiger partial charge in [-0.1, -0.05) is 56.3 Å². The van der Waals surface area contributed by atoms with Gasteiger partial charge in [0.05, 0.1) is 12.6 Å². The highest BCUT2D eigenvalue weighted by Gasteiger charge is 2.17. The SMILES string of the molecule is CCCCCCCCn1c(=O)c(O)c(OC)c2ccc(OC/C=C(\C)CCC=C(C)C)cc21. The van der Waals surface area contributed by atoms with Gasteiger partial charge in [0, 0.05) is 18.0 Å². The van der Waals surface area contributed by atoms with Crippen molar-refractivity contribution < 1.29 is 14.6 Å². The number of rotatable bonds is 14. The van der Waals surface area contributed by atoms with Gasteiger partial charge >= 0.3 is 0 Å². The second-order valence-electron chi connectivity index (χ2n) is 8.97. The third-order valence-corrected chi connectivity index (χ3v) is 5.88. The number of fused-ring (bicyclic) bond motifs is 1. The highest BCUT2D eigenvalue weighted by molar-refractivity contribution is 5.88. The molecule has 0 radical (unpaired) electrons. The highest BCUT2D eigenvalue weighted by atomic mass is 16.5. The minimum Gasteiger partial charge on any atom is -0.500 e. The zero-order chi connectivity index (χ0) is 24.2. The van der Waals surface area contributed by atoms with Crippen LogP contribution >= 0.6 is 0 Å². The van der Waals surface area contributed by atoms with Crippen molar-refractivity contribution in [3.05, 3.63) is 51.9 Å². The topological polar surface area (TPSA) is 60.7 Å². The second-order valence-corrected chi connectivity index (χ2v) is 8.97. The summed E-state index contributed by atoms with van der Waals surface area (Å²) in [5, 5.41) is 11.1. The lowest BCUT2D eigenvalue weighted by atomic mass is 10.1. The first kappa shape index (κ1) is 26.6. The molecule has 1 N–H and O–H groups in total. The van der Waals surface area contributed by atoms with Crippen LogP contribution in [0.25, 0.3) is 10.9 Å². The van der Waals surface area contributed by atoms with E-state index < -0.39 is 5.56 Å². The van der Waals surface area contributed by atoms with Crippen molar-refractivity contribution >= 4 is 10.9 Å². The fourth-order valence-electron chi connectivity index (χ4n) is 3.93. The Balaban J connectivity index is 2.19. The average molecular weight is 456 g/mol. The maximum Gasteiger partial charge on any atom is 0.297 e. The van der Waals surface area contributed by atoms with Crippen LogP contribution in [0, 0.1) is 0 Å². The number of aromatic hydroxyl groups is 1. The third kappa shape index (κ3) is 7.99. The molecular formula is C28H41NO4. The van der Waals surface area contributed by atoms with Gasteiger partial charge < -0.3 is 19.1 Å². The van der Waals surface area contributed by atoms with Crippen molar-refractivity contribution in [2.24, 2.45) is 0 Å². The number of aryl methyl sites for hydroxylation is 1. The molecule has 1 aromatic carbocycles. The van der Waals surface area contributed by atoms with Crippen LogP contribution in [-0.4, -0.2) is 23.4 Å². The summed E-state index contributed by atoms with van der Waals surface area (Å²) in [6, 6.07) is 5.59. The lowest BCUT2D eigenvalue weighted by Gasteiger charge is -2.16. The molecule has 5 heteroatoms. The number of methoxy groups -OCH3 is 1. The van der Waals surface area contributed by atoms with Gasteiger partial charge in [-0.3, -0.25) is 4.79 Å². The van der Waals surface area contributed by atoms with Crippen molar-refractivity contribution in [3.8, 4) is 17.2 Å². The molecule has 2 aromatic rings. The van der Waals surface area contributed by atoms with E-state index in [0.29, 0.717) is 24.3 Å². The average Bonchev–Trinajstić information content (AvgIpc) is 2.78. The Kier molecular flexibility index (Phi) is 11.1. The summed E-state index contributed by atoms with van der Waals surface area (Å²) in [6.07, 6.45) is 13.2. The van der Waals surface area contributed by atoms with Crippen molar-refractivity contribution in [2.45, 2.75) is 85.6 Å². The Morgan fingerprint density at radius 3 is 2.48 bits per heavy atom. The number of hydrogen-bond donors (Lipinski definition) is 1. The summed E-state index contributed by atoms with van der Waals surface area (Å²) >= 11 is 0. The zero-order valence-corrected chi connectivity index (χ0v) is 21.1. The van der Waals surface area contributed by atoms with Crippen LogP contribution < -0.4 is 15.0 Å². The van der Waals surface area contributed by atoms with Gasteiger partial charge in [0.25, 0.3) is 5.56 Å². The molecule has 182 valence electrons. The monoisotopic (exact) mass is 455 g/mol. The van der Waals surface area contributed by atoms with E-state index in [-0.39, 0.29) is 11.5 Å². The van der Waals surface area contributed by atoms with Gasteiger partial charge in [0.15, 0.2) is 5.75 Å². The Hall–Kier alpha value is -2.69. The summed E-state index contributed by atoms with van der Waals surface area (Å²) < 4.78 is 13.0. The van der Waals surface area contributed by atoms with Crippen molar-refractivity contribution in [1.29, 1.82) is 0 Å². The predicted octanol–water partition coefficient (Wildman–Crippen LogP) is 7.15. The number of unbranched alkanes of at least 4 members (excludes halogenated alkanes) is 5. The summed E-state index contributed by atoms with van der Waals surface area (Å²) in [5.41, 5.74) is 2.94. The van der Waals surface area contributed by atoms with E-state index in [0.717, 1.165) is 37.6 Å². The van der Waals surface area contributed by atoms with E-state index in [4.69, 9.17) is 9.47 Å². The molecule has 0 saturated carbocycles. The number of allylic oxidation sites excluding steroid dienone is 3. The van der Waals surface area contributed by atoms with Crippen molar-refractivity contribution in [2.75, 3.05) is 13.7 Å². The van der Waals surface area contributed by atoms with E-state index in [1.54, 1.807) is 4.57 Å². The van der Waals surface area contributed by atoms with Crippen molar-refractivity contribution in [3.63, 3.8) is 0 Å². The van der Waals surface area contributed by atoms with Gasteiger partial charge in [-0.05, 0) is 58.2 Å². The van der Waals surface area contributed by atoms with E-state index in [2.05, 4.69) is 39.8 Å². The molecule has 0 spiro atoms. The van der Waals surface area contributed by atoms with Crippen LogP contribution in [0.15, 0.2) is 46.3 Å². The Morgan fingerprint density at radius 2 is 1.79 bits per heavy atom. The summed E-state index contributed by atoms with van der Waals surface area (Å²) in [4.78, 5) is 12.9. The first-order valence-corrected chi connectivity index (χ1v) is 12.2. The maximum absolute atomic E-state index is 12.9. The molecule has 0 aliphatic heterocycles. The highest BCUT2D eigenvalue weighted by Crippen LogP contribution is 2.33. The maximum atomic E-state index is 12.9. The molecule has 0 saturated heterocycles. The van der Waals surface area contributed by atoms with Gasteiger partial charge in [-0.2, -0.15) is 0 Å². The molecule has 0 aliphatic rings. The molecule has 1 heterocycles. The number of benzene rings is 1. The van der Waals surface area contributed by atoms with E-state index in [9.17, 15) is 9.90 Å². The predicted molar refractivity (Wildman–Crippen MR) is 138 cm³/mol. The number of pyridine rings is 1. The van der Waals surface area contributed by atoms with E-state index in [1.807, 2.05) is 18.2 Å². The van der Waals surface area contributed by atoms with Crippen molar-refractivity contribution in [1.82, 2.24) is 4.57 Å². The molecule has 0 fully saturated rings. The van der Waals surface area contributed by atoms with Crippen LogP contribution in [0.3, 0.4) is 0 Å². The Morgan fingerprint density at radius 1 is 1.06 bits per heavy atom. The van der Waals surface area contributed by atoms with Crippen LogP contribution in [0.4, 0.5) is 0 Å². The smallest absolute Gasteiger partial charge is 0.297 e.